The summed E-state index contributed by atoms with van der Waals surface area (Å²) in [6, 6.07) is 8.00. The zero-order chi connectivity index (χ0) is 10.2. The first-order valence-corrected chi connectivity index (χ1v) is 5.12. The Kier molecular flexibility index (Phi) is 2.23. The molecule has 0 amide bonds. The van der Waals surface area contributed by atoms with Gasteiger partial charge in [0.2, 0.25) is 0 Å². The second-order valence-electron chi connectivity index (χ2n) is 4.66. The molecule has 1 unspecified atom stereocenters. The number of anilines is 1. The fraction of sp³-hybridized carbons (Fsp3) is 0.500. The molecule has 76 valence electrons. The molecular formula is C12H17NO. The van der Waals surface area contributed by atoms with E-state index in [2.05, 4.69) is 19.2 Å². The molecule has 0 aromatic heterocycles. The van der Waals surface area contributed by atoms with Crippen LogP contribution >= 0.6 is 0 Å². The van der Waals surface area contributed by atoms with Gasteiger partial charge in [0, 0.05) is 17.8 Å². The molecule has 1 aromatic rings. The lowest BCUT2D eigenvalue weighted by atomic mass is 9.80. The first-order chi connectivity index (χ1) is 6.61. The number of benzene rings is 1. The van der Waals surface area contributed by atoms with Crippen molar-refractivity contribution in [2.45, 2.75) is 26.4 Å². The van der Waals surface area contributed by atoms with Crippen molar-refractivity contribution in [2.75, 3.05) is 11.9 Å². The fourth-order valence-corrected chi connectivity index (χ4v) is 1.97. The van der Waals surface area contributed by atoms with Crippen LogP contribution in [0.25, 0.3) is 0 Å². The standard InChI is InChI=1S/C12H17NO/c1-12(2)7-8-13-10-6-4-3-5-9(10)11(12)14/h3-6,11,13-14H,7-8H2,1-2H3. The van der Waals surface area contributed by atoms with E-state index < -0.39 is 0 Å². The first kappa shape index (κ1) is 9.53. The van der Waals surface area contributed by atoms with Gasteiger partial charge in [-0.05, 0) is 17.9 Å². The van der Waals surface area contributed by atoms with Crippen molar-refractivity contribution >= 4 is 5.69 Å². The van der Waals surface area contributed by atoms with Crippen molar-refractivity contribution in [3.63, 3.8) is 0 Å². The van der Waals surface area contributed by atoms with E-state index in [1.54, 1.807) is 0 Å². The highest BCUT2D eigenvalue weighted by Crippen LogP contribution is 2.41. The predicted octanol–water partition coefficient (Wildman–Crippen LogP) is 2.56. The second kappa shape index (κ2) is 3.28. The van der Waals surface area contributed by atoms with Gasteiger partial charge in [-0.2, -0.15) is 0 Å². The molecule has 2 nitrogen and oxygen atoms in total. The predicted molar refractivity (Wildman–Crippen MR) is 58.3 cm³/mol. The molecule has 2 N–H and O–H groups in total. The van der Waals surface area contributed by atoms with E-state index in [9.17, 15) is 5.11 Å². The molecule has 14 heavy (non-hydrogen) atoms. The molecule has 1 heterocycles. The number of aliphatic hydroxyl groups is 1. The molecule has 1 aromatic carbocycles. The minimum Gasteiger partial charge on any atom is -0.388 e. The number of rotatable bonds is 0. The lowest BCUT2D eigenvalue weighted by Gasteiger charge is -2.28. The van der Waals surface area contributed by atoms with Crippen molar-refractivity contribution < 1.29 is 5.11 Å². The topological polar surface area (TPSA) is 32.3 Å². The summed E-state index contributed by atoms with van der Waals surface area (Å²) < 4.78 is 0. The quantitative estimate of drug-likeness (QED) is 0.660. The smallest absolute Gasteiger partial charge is 0.0861 e. The third kappa shape index (κ3) is 1.50. The summed E-state index contributed by atoms with van der Waals surface area (Å²) in [7, 11) is 0. The van der Waals surface area contributed by atoms with Gasteiger partial charge < -0.3 is 10.4 Å². The van der Waals surface area contributed by atoms with Crippen LogP contribution in [0.15, 0.2) is 24.3 Å². The number of hydrogen-bond acceptors (Lipinski definition) is 2. The number of para-hydroxylation sites is 1. The maximum Gasteiger partial charge on any atom is 0.0861 e. The van der Waals surface area contributed by atoms with Crippen LogP contribution in [0.2, 0.25) is 0 Å². The van der Waals surface area contributed by atoms with Crippen molar-refractivity contribution in [2.24, 2.45) is 5.41 Å². The Bertz CT molecular complexity index is 333. The van der Waals surface area contributed by atoms with Crippen LogP contribution in [0.5, 0.6) is 0 Å². The van der Waals surface area contributed by atoms with Crippen LogP contribution in [-0.2, 0) is 0 Å². The molecule has 1 atom stereocenters. The van der Waals surface area contributed by atoms with Crippen molar-refractivity contribution in [1.29, 1.82) is 0 Å². The normalized spacial score (nSPS) is 24.6. The fourth-order valence-electron chi connectivity index (χ4n) is 1.97. The van der Waals surface area contributed by atoms with Gasteiger partial charge in [0.1, 0.15) is 0 Å². The summed E-state index contributed by atoms with van der Waals surface area (Å²) in [4.78, 5) is 0. The zero-order valence-corrected chi connectivity index (χ0v) is 8.75. The van der Waals surface area contributed by atoms with Gasteiger partial charge >= 0.3 is 0 Å². The van der Waals surface area contributed by atoms with Crippen LogP contribution in [-0.4, -0.2) is 11.7 Å². The summed E-state index contributed by atoms with van der Waals surface area (Å²) >= 11 is 0. The first-order valence-electron chi connectivity index (χ1n) is 5.12. The van der Waals surface area contributed by atoms with E-state index in [0.29, 0.717) is 0 Å². The van der Waals surface area contributed by atoms with E-state index in [4.69, 9.17) is 0 Å². The molecule has 0 saturated heterocycles. The van der Waals surface area contributed by atoms with E-state index in [1.165, 1.54) is 0 Å². The van der Waals surface area contributed by atoms with Gasteiger partial charge in [0.15, 0.2) is 0 Å². The Hall–Kier alpha value is -1.02. The van der Waals surface area contributed by atoms with Crippen molar-refractivity contribution in [3.05, 3.63) is 29.8 Å². The summed E-state index contributed by atoms with van der Waals surface area (Å²) in [5.41, 5.74) is 2.06. The maximum absolute atomic E-state index is 10.2. The minimum absolute atomic E-state index is 0.0421. The maximum atomic E-state index is 10.2. The molecule has 1 aliphatic rings. The van der Waals surface area contributed by atoms with Crippen LogP contribution in [0.3, 0.4) is 0 Å². The Balaban J connectivity index is 2.45. The van der Waals surface area contributed by atoms with Gasteiger partial charge in [-0.3, -0.25) is 0 Å². The van der Waals surface area contributed by atoms with Gasteiger partial charge in [0.05, 0.1) is 6.10 Å². The largest absolute Gasteiger partial charge is 0.388 e. The summed E-state index contributed by atoms with van der Waals surface area (Å²) in [6.07, 6.45) is 0.622. The Morgan fingerprint density at radius 3 is 2.86 bits per heavy atom. The van der Waals surface area contributed by atoms with Crippen LogP contribution in [0, 0.1) is 5.41 Å². The molecule has 1 aliphatic heterocycles. The third-order valence-corrected chi connectivity index (χ3v) is 3.08. The summed E-state index contributed by atoms with van der Waals surface area (Å²) in [6.45, 7) is 5.16. The number of hydrogen-bond donors (Lipinski definition) is 2. The van der Waals surface area contributed by atoms with Crippen LogP contribution in [0.4, 0.5) is 5.69 Å². The van der Waals surface area contributed by atoms with Gasteiger partial charge in [-0.25, -0.2) is 0 Å². The van der Waals surface area contributed by atoms with E-state index >= 15 is 0 Å². The minimum atomic E-state index is -0.367. The third-order valence-electron chi connectivity index (χ3n) is 3.08. The van der Waals surface area contributed by atoms with E-state index in [0.717, 1.165) is 24.2 Å². The Labute approximate surface area is 85.0 Å². The molecule has 2 rings (SSSR count). The average molecular weight is 191 g/mol. The number of fused-ring (bicyclic) bond motifs is 1. The van der Waals surface area contributed by atoms with E-state index in [-0.39, 0.29) is 11.5 Å². The molecule has 2 heteroatoms. The molecule has 0 saturated carbocycles. The van der Waals surface area contributed by atoms with Crippen molar-refractivity contribution in [3.8, 4) is 0 Å². The van der Waals surface area contributed by atoms with E-state index in [1.807, 2.05) is 24.3 Å². The van der Waals surface area contributed by atoms with Gasteiger partial charge in [-0.15, -0.1) is 0 Å². The SMILES string of the molecule is CC1(C)CCNc2ccccc2C1O. The highest BCUT2D eigenvalue weighted by atomic mass is 16.3. The highest BCUT2D eigenvalue weighted by Gasteiger charge is 2.32. The monoisotopic (exact) mass is 191 g/mol. The lowest BCUT2D eigenvalue weighted by molar-refractivity contribution is 0.0485. The van der Waals surface area contributed by atoms with Crippen LogP contribution < -0.4 is 5.32 Å². The molecule has 0 bridgehead atoms. The molecular weight excluding hydrogens is 174 g/mol. The lowest BCUT2D eigenvalue weighted by Crippen LogP contribution is -2.21. The van der Waals surface area contributed by atoms with Crippen molar-refractivity contribution in [1.82, 2.24) is 0 Å². The zero-order valence-electron chi connectivity index (χ0n) is 8.75. The molecule has 0 fully saturated rings. The average Bonchev–Trinajstić information content (AvgIpc) is 2.27. The Morgan fingerprint density at radius 1 is 1.36 bits per heavy atom. The Morgan fingerprint density at radius 2 is 2.07 bits per heavy atom. The summed E-state index contributed by atoms with van der Waals surface area (Å²) in [5.74, 6) is 0. The second-order valence-corrected chi connectivity index (χ2v) is 4.66. The molecule has 0 aliphatic carbocycles. The number of aliphatic hydroxyl groups excluding tert-OH is 1. The van der Waals surface area contributed by atoms with Gasteiger partial charge in [-0.1, -0.05) is 32.0 Å². The molecule has 0 radical (unpaired) electrons. The van der Waals surface area contributed by atoms with Gasteiger partial charge in [0.25, 0.3) is 0 Å². The number of nitrogens with one attached hydrogen (secondary N) is 1. The highest BCUT2D eigenvalue weighted by molar-refractivity contribution is 5.53. The van der Waals surface area contributed by atoms with Crippen LogP contribution in [0.1, 0.15) is 31.9 Å². The molecule has 0 spiro atoms. The summed E-state index contributed by atoms with van der Waals surface area (Å²) in [5, 5.41) is 13.6.